The van der Waals surface area contributed by atoms with Crippen molar-refractivity contribution < 1.29 is 19.4 Å². The monoisotopic (exact) mass is 376 g/mol. The Morgan fingerprint density at radius 3 is 2.56 bits per heavy atom. The van der Waals surface area contributed by atoms with E-state index in [9.17, 15) is 9.59 Å². The molecule has 0 aliphatic carbocycles. The van der Waals surface area contributed by atoms with E-state index in [0.29, 0.717) is 25.1 Å². The Labute approximate surface area is 162 Å². The third kappa shape index (κ3) is 6.86. The number of benzene rings is 1. The van der Waals surface area contributed by atoms with Crippen molar-refractivity contribution in [2.24, 2.45) is 5.92 Å². The third-order valence-electron chi connectivity index (χ3n) is 5.24. The Morgan fingerprint density at radius 1 is 1.22 bits per heavy atom. The van der Waals surface area contributed by atoms with Gasteiger partial charge in [-0.3, -0.25) is 9.59 Å². The smallest absolute Gasteiger partial charge is 0.303 e. The number of hydrogen-bond donors (Lipinski definition) is 1. The number of carbonyl (C=O) groups is 2. The molecule has 1 saturated heterocycles. The molecule has 1 N–H and O–H groups in total. The van der Waals surface area contributed by atoms with Gasteiger partial charge in [0.05, 0.1) is 0 Å². The molecule has 1 aliphatic rings. The fraction of sp³-hybridized carbons (Fsp3) is 0.619. The average molecular weight is 376 g/mol. The summed E-state index contributed by atoms with van der Waals surface area (Å²) < 4.78 is 5.77. The first kappa shape index (κ1) is 21.2. The minimum Gasteiger partial charge on any atom is -0.492 e. The van der Waals surface area contributed by atoms with Crippen molar-refractivity contribution in [3.63, 3.8) is 0 Å². The van der Waals surface area contributed by atoms with Crippen molar-refractivity contribution in [1.29, 1.82) is 0 Å². The summed E-state index contributed by atoms with van der Waals surface area (Å²) in [5, 5.41) is 8.85. The second-order valence-corrected chi connectivity index (χ2v) is 7.09. The van der Waals surface area contributed by atoms with Crippen molar-refractivity contribution in [2.45, 2.75) is 39.5 Å². The highest BCUT2D eigenvalue weighted by Gasteiger charge is 2.24. The second kappa shape index (κ2) is 10.9. The Bertz CT molecular complexity index is 599. The first-order valence-electron chi connectivity index (χ1n) is 9.99. The van der Waals surface area contributed by atoms with Crippen molar-refractivity contribution in [2.75, 3.05) is 39.3 Å². The Balaban J connectivity index is 1.84. The molecule has 1 atom stereocenters. The van der Waals surface area contributed by atoms with Gasteiger partial charge in [-0.25, -0.2) is 0 Å². The summed E-state index contributed by atoms with van der Waals surface area (Å²) in [7, 11) is 0. The zero-order chi connectivity index (χ0) is 19.6. The van der Waals surface area contributed by atoms with Crippen molar-refractivity contribution in [3.05, 3.63) is 29.8 Å². The maximum absolute atomic E-state index is 12.7. The van der Waals surface area contributed by atoms with Gasteiger partial charge in [-0.1, -0.05) is 13.8 Å². The van der Waals surface area contributed by atoms with E-state index in [1.165, 1.54) is 0 Å². The molecule has 1 aromatic carbocycles. The van der Waals surface area contributed by atoms with Gasteiger partial charge in [0.1, 0.15) is 12.4 Å². The standard InChI is InChI=1S/C21H32N2O4/c1-3-22(4-2)14-15-27-19-10-8-18(9-11-19)21(26)23-13-5-6-17(16-23)7-12-20(24)25/h8-11,17H,3-7,12-16H2,1-2H3,(H,24,25). The Morgan fingerprint density at radius 2 is 1.93 bits per heavy atom. The number of rotatable bonds is 10. The van der Waals surface area contributed by atoms with Crippen LogP contribution in [-0.4, -0.2) is 66.1 Å². The first-order chi connectivity index (χ1) is 13.0. The topological polar surface area (TPSA) is 70.1 Å². The molecule has 1 aliphatic heterocycles. The van der Waals surface area contributed by atoms with Crippen LogP contribution < -0.4 is 4.74 Å². The Kier molecular flexibility index (Phi) is 8.58. The highest BCUT2D eigenvalue weighted by Crippen LogP contribution is 2.23. The van der Waals surface area contributed by atoms with Crippen LogP contribution in [0.15, 0.2) is 24.3 Å². The van der Waals surface area contributed by atoms with Gasteiger partial charge in [0.2, 0.25) is 0 Å². The summed E-state index contributed by atoms with van der Waals surface area (Å²) in [6.07, 6.45) is 2.74. The van der Waals surface area contributed by atoms with E-state index in [2.05, 4.69) is 18.7 Å². The molecule has 1 aromatic rings. The van der Waals surface area contributed by atoms with Crippen molar-refractivity contribution >= 4 is 11.9 Å². The lowest BCUT2D eigenvalue weighted by molar-refractivity contribution is -0.137. The molecule has 6 nitrogen and oxygen atoms in total. The van der Waals surface area contributed by atoms with Crippen LogP contribution in [0.4, 0.5) is 0 Å². The number of amides is 1. The largest absolute Gasteiger partial charge is 0.492 e. The van der Waals surface area contributed by atoms with Crippen molar-refractivity contribution in [3.8, 4) is 5.75 Å². The van der Waals surface area contributed by atoms with E-state index < -0.39 is 5.97 Å². The van der Waals surface area contributed by atoms with E-state index >= 15 is 0 Å². The van der Waals surface area contributed by atoms with E-state index in [1.54, 1.807) is 0 Å². The lowest BCUT2D eigenvalue weighted by Gasteiger charge is -2.32. The van der Waals surface area contributed by atoms with Gasteiger partial charge in [-0.15, -0.1) is 0 Å². The normalized spacial score (nSPS) is 17.1. The van der Waals surface area contributed by atoms with Crippen LogP contribution in [0.3, 0.4) is 0 Å². The van der Waals surface area contributed by atoms with Gasteiger partial charge < -0.3 is 19.6 Å². The number of carbonyl (C=O) groups excluding carboxylic acids is 1. The van der Waals surface area contributed by atoms with Gasteiger partial charge in [0.15, 0.2) is 0 Å². The maximum atomic E-state index is 12.7. The van der Waals surface area contributed by atoms with Crippen molar-refractivity contribution in [1.82, 2.24) is 9.80 Å². The number of piperidine rings is 1. The predicted molar refractivity (Wildman–Crippen MR) is 105 cm³/mol. The van der Waals surface area contributed by atoms with Crippen LogP contribution in [0, 0.1) is 5.92 Å². The molecule has 1 heterocycles. The van der Waals surface area contributed by atoms with Crippen LogP contribution in [0.2, 0.25) is 0 Å². The average Bonchev–Trinajstić information content (AvgIpc) is 2.70. The summed E-state index contributed by atoms with van der Waals surface area (Å²) in [5.74, 6) is 0.304. The number of ether oxygens (including phenoxy) is 1. The molecule has 0 aromatic heterocycles. The summed E-state index contributed by atoms with van der Waals surface area (Å²) >= 11 is 0. The van der Waals surface area contributed by atoms with Gasteiger partial charge in [-0.2, -0.15) is 0 Å². The SMILES string of the molecule is CCN(CC)CCOc1ccc(C(=O)N2CCCC(CCC(=O)O)C2)cc1. The molecule has 2 rings (SSSR count). The highest BCUT2D eigenvalue weighted by atomic mass is 16.5. The number of hydrogen-bond acceptors (Lipinski definition) is 4. The zero-order valence-electron chi connectivity index (χ0n) is 16.5. The lowest BCUT2D eigenvalue weighted by atomic mass is 9.93. The molecule has 6 heteroatoms. The van der Waals surface area contributed by atoms with Gasteiger partial charge in [-0.05, 0) is 62.5 Å². The minimum atomic E-state index is -0.768. The van der Waals surface area contributed by atoms with E-state index in [0.717, 1.165) is 44.8 Å². The first-order valence-corrected chi connectivity index (χ1v) is 9.99. The lowest BCUT2D eigenvalue weighted by Crippen LogP contribution is -2.40. The number of carboxylic acids is 1. The highest BCUT2D eigenvalue weighted by molar-refractivity contribution is 5.94. The summed E-state index contributed by atoms with van der Waals surface area (Å²) in [6, 6.07) is 7.33. The molecule has 1 unspecified atom stereocenters. The molecule has 27 heavy (non-hydrogen) atoms. The Hall–Kier alpha value is -2.08. The van der Waals surface area contributed by atoms with Gasteiger partial charge in [0, 0.05) is 31.6 Å². The van der Waals surface area contributed by atoms with Crippen LogP contribution in [0.1, 0.15) is 49.9 Å². The molecule has 0 saturated carbocycles. The molecule has 0 spiro atoms. The molecule has 1 amide bonds. The third-order valence-corrected chi connectivity index (χ3v) is 5.24. The number of likely N-dealkylation sites (N-methyl/N-ethyl adjacent to an activating group) is 1. The molecule has 150 valence electrons. The van der Waals surface area contributed by atoms with Crippen LogP contribution in [0.25, 0.3) is 0 Å². The molecule has 0 bridgehead atoms. The maximum Gasteiger partial charge on any atom is 0.303 e. The summed E-state index contributed by atoms with van der Waals surface area (Å²) in [6.45, 7) is 9.20. The molecular weight excluding hydrogens is 344 g/mol. The van der Waals surface area contributed by atoms with Crippen LogP contribution >= 0.6 is 0 Å². The van der Waals surface area contributed by atoms with E-state index in [-0.39, 0.29) is 18.2 Å². The van der Waals surface area contributed by atoms with E-state index in [4.69, 9.17) is 9.84 Å². The van der Waals surface area contributed by atoms with Crippen LogP contribution in [-0.2, 0) is 4.79 Å². The quantitative estimate of drug-likeness (QED) is 0.679. The number of nitrogens with zero attached hydrogens (tertiary/aromatic N) is 2. The zero-order valence-corrected chi connectivity index (χ0v) is 16.5. The number of carboxylic acid groups (broad SMARTS) is 1. The number of likely N-dealkylation sites (tertiary alicyclic amines) is 1. The fourth-order valence-electron chi connectivity index (χ4n) is 3.52. The van der Waals surface area contributed by atoms with Gasteiger partial charge in [0.25, 0.3) is 5.91 Å². The molecular formula is C21H32N2O4. The predicted octanol–water partition coefficient (Wildman–Crippen LogP) is 3.12. The van der Waals surface area contributed by atoms with Crippen LogP contribution in [0.5, 0.6) is 5.75 Å². The summed E-state index contributed by atoms with van der Waals surface area (Å²) in [5.41, 5.74) is 0.657. The number of aliphatic carboxylic acids is 1. The summed E-state index contributed by atoms with van der Waals surface area (Å²) in [4.78, 5) is 27.7. The van der Waals surface area contributed by atoms with E-state index in [1.807, 2.05) is 29.2 Å². The minimum absolute atomic E-state index is 0.0183. The molecule has 0 radical (unpaired) electrons. The van der Waals surface area contributed by atoms with Gasteiger partial charge >= 0.3 is 5.97 Å². The second-order valence-electron chi connectivity index (χ2n) is 7.09. The fourth-order valence-corrected chi connectivity index (χ4v) is 3.52. The molecule has 1 fully saturated rings.